The van der Waals surface area contributed by atoms with Crippen molar-refractivity contribution >= 4 is 17.3 Å². The molecule has 0 aliphatic heterocycles. The molecule has 2 aromatic carbocycles. The molecule has 0 amide bonds. The van der Waals surface area contributed by atoms with Gasteiger partial charge in [-0.15, -0.1) is 10.2 Å². The lowest BCUT2D eigenvalue weighted by Crippen LogP contribution is -2.17. The Kier molecular flexibility index (Phi) is 5.06. The maximum Gasteiger partial charge on any atom is 0.269 e. The van der Waals surface area contributed by atoms with Gasteiger partial charge in [0.1, 0.15) is 0 Å². The molecule has 8 heteroatoms. The van der Waals surface area contributed by atoms with E-state index in [0.29, 0.717) is 35.5 Å². The molecule has 25 heavy (non-hydrogen) atoms. The highest BCUT2D eigenvalue weighted by molar-refractivity contribution is 6.30. The summed E-state index contributed by atoms with van der Waals surface area (Å²) in [6.45, 7) is 1.20. The van der Waals surface area contributed by atoms with Gasteiger partial charge in [-0.3, -0.25) is 15.0 Å². The summed E-state index contributed by atoms with van der Waals surface area (Å²) in [6, 6.07) is 13.6. The van der Waals surface area contributed by atoms with Crippen LogP contribution in [0.25, 0.3) is 11.5 Å². The molecule has 1 aromatic heterocycles. The van der Waals surface area contributed by atoms with Gasteiger partial charge < -0.3 is 4.42 Å². The van der Waals surface area contributed by atoms with E-state index in [1.54, 1.807) is 12.1 Å². The molecule has 0 saturated heterocycles. The van der Waals surface area contributed by atoms with Crippen LogP contribution >= 0.6 is 11.6 Å². The van der Waals surface area contributed by atoms with Crippen molar-refractivity contribution in [3.63, 3.8) is 0 Å². The van der Waals surface area contributed by atoms with Gasteiger partial charge in [-0.25, -0.2) is 0 Å². The van der Waals surface area contributed by atoms with E-state index in [4.69, 9.17) is 16.0 Å². The fourth-order valence-corrected chi connectivity index (χ4v) is 2.47. The summed E-state index contributed by atoms with van der Waals surface area (Å²) in [7, 11) is 1.95. The largest absolute Gasteiger partial charge is 0.419 e. The number of hydrogen-bond donors (Lipinski definition) is 0. The van der Waals surface area contributed by atoms with E-state index in [9.17, 15) is 10.1 Å². The first-order chi connectivity index (χ1) is 12.0. The molecule has 0 radical (unpaired) electrons. The van der Waals surface area contributed by atoms with Crippen molar-refractivity contribution in [3.05, 3.63) is 75.1 Å². The second-order valence-electron chi connectivity index (χ2n) is 5.60. The molecule has 0 atom stereocenters. The summed E-state index contributed by atoms with van der Waals surface area (Å²) in [5.74, 6) is 0.814. The minimum Gasteiger partial charge on any atom is -0.419 e. The van der Waals surface area contributed by atoms with Gasteiger partial charge >= 0.3 is 0 Å². The maximum atomic E-state index is 10.7. The predicted octanol–water partition coefficient (Wildman–Crippen LogP) is 3.93. The molecule has 7 nitrogen and oxygen atoms in total. The number of nitro groups is 1. The summed E-state index contributed by atoms with van der Waals surface area (Å²) >= 11 is 5.88. The zero-order valence-corrected chi connectivity index (χ0v) is 14.2. The highest BCUT2D eigenvalue weighted by atomic mass is 35.5. The van der Waals surface area contributed by atoms with E-state index >= 15 is 0 Å². The fraction of sp³-hybridized carbons (Fsp3) is 0.176. The Labute approximate surface area is 149 Å². The van der Waals surface area contributed by atoms with Crippen LogP contribution in [0.1, 0.15) is 11.5 Å². The second kappa shape index (κ2) is 7.42. The highest BCUT2D eigenvalue weighted by Crippen LogP contribution is 2.21. The monoisotopic (exact) mass is 358 g/mol. The highest BCUT2D eigenvalue weighted by Gasteiger charge is 2.12. The molecule has 3 rings (SSSR count). The Morgan fingerprint density at radius 1 is 1.08 bits per heavy atom. The summed E-state index contributed by atoms with van der Waals surface area (Å²) in [5, 5.41) is 19.4. The second-order valence-corrected chi connectivity index (χ2v) is 6.04. The van der Waals surface area contributed by atoms with Crippen molar-refractivity contribution in [2.45, 2.75) is 13.1 Å². The van der Waals surface area contributed by atoms with Crippen molar-refractivity contribution in [1.29, 1.82) is 0 Å². The topological polar surface area (TPSA) is 85.3 Å². The van der Waals surface area contributed by atoms with Crippen LogP contribution in [0.4, 0.5) is 5.69 Å². The molecule has 0 saturated carbocycles. The minimum atomic E-state index is -0.450. The number of hydrogen-bond acceptors (Lipinski definition) is 6. The zero-order chi connectivity index (χ0) is 17.8. The van der Waals surface area contributed by atoms with Gasteiger partial charge in [0.25, 0.3) is 5.69 Å². The molecule has 0 aliphatic carbocycles. The molecule has 0 aliphatic rings. The molecule has 128 valence electrons. The molecule has 0 fully saturated rings. The number of aromatic nitrogens is 2. The van der Waals surface area contributed by atoms with Crippen LogP contribution in [0.2, 0.25) is 5.02 Å². The molecule has 1 heterocycles. The lowest BCUT2D eigenvalue weighted by atomic mass is 10.2. The number of non-ortho nitro benzene ring substituents is 1. The van der Waals surface area contributed by atoms with E-state index in [1.807, 2.05) is 36.2 Å². The standard InChI is InChI=1S/C17H15ClN4O3/c1-21(10-12-2-6-14(18)7-3-12)11-16-19-20-17(25-16)13-4-8-15(9-5-13)22(23)24/h2-9H,10-11H2,1H3. The average Bonchev–Trinajstić information content (AvgIpc) is 3.05. The Morgan fingerprint density at radius 2 is 1.76 bits per heavy atom. The van der Waals surface area contributed by atoms with Gasteiger partial charge in [-0.2, -0.15) is 0 Å². The Morgan fingerprint density at radius 3 is 2.40 bits per heavy atom. The van der Waals surface area contributed by atoms with Crippen molar-refractivity contribution in [1.82, 2.24) is 15.1 Å². The number of nitro benzene ring substituents is 1. The third-order valence-electron chi connectivity index (χ3n) is 3.56. The number of halogens is 1. The van der Waals surface area contributed by atoms with Crippen LogP contribution in [0.3, 0.4) is 0 Å². The first-order valence-corrected chi connectivity index (χ1v) is 7.89. The number of nitrogens with zero attached hydrogens (tertiary/aromatic N) is 4. The Hall–Kier alpha value is -2.77. The lowest BCUT2D eigenvalue weighted by Gasteiger charge is -2.14. The molecule has 3 aromatic rings. The first kappa shape index (κ1) is 17.1. The summed E-state index contributed by atoms with van der Waals surface area (Å²) < 4.78 is 5.64. The Balaban J connectivity index is 1.64. The van der Waals surface area contributed by atoms with Crippen molar-refractivity contribution in [2.24, 2.45) is 0 Å². The molecular weight excluding hydrogens is 344 g/mol. The van der Waals surface area contributed by atoms with Crippen LogP contribution in [0.5, 0.6) is 0 Å². The van der Waals surface area contributed by atoms with E-state index in [1.165, 1.54) is 12.1 Å². The van der Waals surface area contributed by atoms with E-state index in [-0.39, 0.29) is 5.69 Å². The molecule has 0 N–H and O–H groups in total. The fourth-order valence-electron chi connectivity index (χ4n) is 2.35. The normalized spacial score (nSPS) is 11.0. The third-order valence-corrected chi connectivity index (χ3v) is 3.81. The molecule has 0 bridgehead atoms. The first-order valence-electron chi connectivity index (χ1n) is 7.51. The molecule has 0 unspecified atom stereocenters. The lowest BCUT2D eigenvalue weighted by molar-refractivity contribution is -0.384. The third kappa shape index (κ3) is 4.40. The number of rotatable bonds is 6. The van der Waals surface area contributed by atoms with Crippen molar-refractivity contribution in [3.8, 4) is 11.5 Å². The summed E-state index contributed by atoms with van der Waals surface area (Å²) in [5.41, 5.74) is 1.79. The van der Waals surface area contributed by atoms with E-state index in [0.717, 1.165) is 5.56 Å². The summed E-state index contributed by atoms with van der Waals surface area (Å²) in [4.78, 5) is 12.3. The minimum absolute atomic E-state index is 0.0196. The molecule has 0 spiro atoms. The smallest absolute Gasteiger partial charge is 0.269 e. The van der Waals surface area contributed by atoms with Gasteiger partial charge in [0.2, 0.25) is 11.8 Å². The predicted molar refractivity (Wildman–Crippen MR) is 93.0 cm³/mol. The van der Waals surface area contributed by atoms with Gasteiger partial charge in [0.05, 0.1) is 11.5 Å². The summed E-state index contributed by atoms with van der Waals surface area (Å²) in [6.07, 6.45) is 0. The van der Waals surface area contributed by atoms with Gasteiger partial charge in [-0.1, -0.05) is 23.7 Å². The average molecular weight is 359 g/mol. The quantitative estimate of drug-likeness (QED) is 0.490. The zero-order valence-electron chi connectivity index (χ0n) is 13.4. The van der Waals surface area contributed by atoms with Gasteiger partial charge in [0, 0.05) is 29.3 Å². The van der Waals surface area contributed by atoms with Crippen LogP contribution in [-0.2, 0) is 13.1 Å². The van der Waals surface area contributed by atoms with Crippen LogP contribution in [-0.4, -0.2) is 27.1 Å². The van der Waals surface area contributed by atoms with Crippen LogP contribution in [0.15, 0.2) is 52.9 Å². The van der Waals surface area contributed by atoms with E-state index < -0.39 is 4.92 Å². The van der Waals surface area contributed by atoms with Crippen molar-refractivity contribution < 1.29 is 9.34 Å². The van der Waals surface area contributed by atoms with Gasteiger partial charge in [-0.05, 0) is 36.9 Å². The SMILES string of the molecule is CN(Cc1ccc(Cl)cc1)Cc1nnc(-c2ccc([N+](=O)[O-])cc2)o1. The Bertz CT molecular complexity index is 862. The van der Waals surface area contributed by atoms with Crippen molar-refractivity contribution in [2.75, 3.05) is 7.05 Å². The van der Waals surface area contributed by atoms with Gasteiger partial charge in [0.15, 0.2) is 0 Å². The maximum absolute atomic E-state index is 10.7. The van der Waals surface area contributed by atoms with Crippen LogP contribution in [0, 0.1) is 10.1 Å². The molecular formula is C17H15ClN4O3. The number of benzene rings is 2. The van der Waals surface area contributed by atoms with E-state index in [2.05, 4.69) is 10.2 Å². The van der Waals surface area contributed by atoms with Crippen LogP contribution < -0.4 is 0 Å².